The van der Waals surface area contributed by atoms with Gasteiger partial charge in [0.25, 0.3) is 0 Å². The van der Waals surface area contributed by atoms with Crippen LogP contribution in [0.2, 0.25) is 0 Å². The van der Waals surface area contributed by atoms with E-state index in [1.165, 1.54) is 12.1 Å². The molecule has 0 radical (unpaired) electrons. The molecule has 0 aliphatic rings. The highest BCUT2D eigenvalue weighted by Crippen LogP contribution is 2.17. The molecule has 0 bridgehead atoms. The maximum atomic E-state index is 12.3. The van der Waals surface area contributed by atoms with E-state index in [4.69, 9.17) is 5.26 Å². The smallest absolute Gasteiger partial charge is 0.175 e. The van der Waals surface area contributed by atoms with Crippen LogP contribution in [-0.2, 0) is 26.4 Å². The lowest BCUT2D eigenvalue weighted by Gasteiger charge is -2.05. The van der Waals surface area contributed by atoms with E-state index in [0.717, 1.165) is 6.26 Å². The lowest BCUT2D eigenvalue weighted by Crippen LogP contribution is -2.01. The molecule has 4 nitrogen and oxygen atoms in total. The van der Waals surface area contributed by atoms with Crippen molar-refractivity contribution in [1.29, 1.82) is 5.26 Å². The Bertz CT molecular complexity index is 819. The summed E-state index contributed by atoms with van der Waals surface area (Å²) in [6.07, 6.45) is 1.13. The topological polar surface area (TPSA) is 75.0 Å². The molecule has 0 aromatic heterocycles. The number of rotatable bonds is 4. The van der Waals surface area contributed by atoms with Gasteiger partial charge in [0.1, 0.15) is 0 Å². The predicted octanol–water partition coefficient (Wildman–Crippen LogP) is 2.27. The summed E-state index contributed by atoms with van der Waals surface area (Å²) in [7, 11) is -4.58. The lowest BCUT2D eigenvalue weighted by molar-refractivity contribution is 0.601. The maximum Gasteiger partial charge on any atom is 0.175 e. The summed E-state index contributed by atoms with van der Waals surface area (Å²) in [5.41, 5.74) is 1.21. The molecule has 0 heterocycles. The number of sulfone groups is 1. The first-order valence-corrected chi connectivity index (χ1v) is 9.29. The normalized spacial score (nSPS) is 12.6. The van der Waals surface area contributed by atoms with Crippen molar-refractivity contribution in [2.75, 3.05) is 6.26 Å². The second kappa shape index (κ2) is 6.20. The summed E-state index contributed by atoms with van der Waals surface area (Å²) in [6.45, 7) is 0. The second-order valence-corrected chi connectivity index (χ2v) is 7.97. The molecule has 0 saturated carbocycles. The van der Waals surface area contributed by atoms with E-state index in [1.54, 1.807) is 36.4 Å². The fourth-order valence-electron chi connectivity index (χ4n) is 1.82. The van der Waals surface area contributed by atoms with Crippen LogP contribution in [0.5, 0.6) is 0 Å². The monoisotopic (exact) mass is 319 g/mol. The van der Waals surface area contributed by atoms with Crippen LogP contribution in [0, 0.1) is 11.3 Å². The van der Waals surface area contributed by atoms with Crippen molar-refractivity contribution < 1.29 is 12.6 Å². The van der Waals surface area contributed by atoms with Gasteiger partial charge >= 0.3 is 0 Å². The van der Waals surface area contributed by atoms with Crippen LogP contribution >= 0.6 is 0 Å². The standard InChI is InChI=1S/C15H13NO3S2/c1-21(18,19)15-8-6-14(7-9-15)20(17)11-13-5-3-2-4-12(13)10-16/h2-9H,11H2,1H3. The van der Waals surface area contributed by atoms with Gasteiger partial charge in [0, 0.05) is 11.2 Å². The molecule has 2 aromatic carbocycles. The molecule has 2 aromatic rings. The van der Waals surface area contributed by atoms with E-state index in [9.17, 15) is 12.6 Å². The van der Waals surface area contributed by atoms with E-state index < -0.39 is 20.6 Å². The molecule has 0 saturated heterocycles. The van der Waals surface area contributed by atoms with E-state index in [-0.39, 0.29) is 10.6 Å². The molecule has 0 fully saturated rings. The van der Waals surface area contributed by atoms with Crippen LogP contribution in [0.3, 0.4) is 0 Å². The van der Waals surface area contributed by atoms with Crippen molar-refractivity contribution in [3.8, 4) is 6.07 Å². The van der Waals surface area contributed by atoms with Crippen LogP contribution in [0.25, 0.3) is 0 Å². The molecule has 2 rings (SSSR count). The number of benzene rings is 2. The third-order valence-electron chi connectivity index (χ3n) is 2.94. The molecule has 0 aliphatic heterocycles. The van der Waals surface area contributed by atoms with Crippen LogP contribution in [0.4, 0.5) is 0 Å². The number of hydrogen-bond acceptors (Lipinski definition) is 4. The van der Waals surface area contributed by atoms with Gasteiger partial charge in [-0.15, -0.1) is 0 Å². The fraction of sp³-hybridized carbons (Fsp3) is 0.133. The van der Waals surface area contributed by atoms with Crippen molar-refractivity contribution in [2.45, 2.75) is 15.5 Å². The van der Waals surface area contributed by atoms with E-state index >= 15 is 0 Å². The van der Waals surface area contributed by atoms with Gasteiger partial charge in [-0.3, -0.25) is 4.21 Å². The van der Waals surface area contributed by atoms with Crippen molar-refractivity contribution >= 4 is 20.6 Å². The quantitative estimate of drug-likeness (QED) is 0.866. The summed E-state index contributed by atoms with van der Waals surface area (Å²) in [6, 6.07) is 15.0. The third-order valence-corrected chi connectivity index (χ3v) is 5.44. The molecule has 0 amide bonds. The Morgan fingerprint density at radius 3 is 2.29 bits per heavy atom. The van der Waals surface area contributed by atoms with E-state index in [2.05, 4.69) is 6.07 Å². The molecule has 21 heavy (non-hydrogen) atoms. The highest BCUT2D eigenvalue weighted by molar-refractivity contribution is 7.90. The fourth-order valence-corrected chi connectivity index (χ4v) is 3.59. The lowest BCUT2D eigenvalue weighted by atomic mass is 10.1. The molecular formula is C15H13NO3S2. The van der Waals surface area contributed by atoms with Crippen LogP contribution in [0.15, 0.2) is 58.3 Å². The third kappa shape index (κ3) is 3.78. The summed E-state index contributed by atoms with van der Waals surface area (Å²) in [5, 5.41) is 9.01. The maximum absolute atomic E-state index is 12.3. The molecule has 0 N–H and O–H groups in total. The van der Waals surface area contributed by atoms with Crippen LogP contribution in [-0.4, -0.2) is 18.9 Å². The SMILES string of the molecule is CS(=O)(=O)c1ccc(S(=O)Cc2ccccc2C#N)cc1. The van der Waals surface area contributed by atoms with Crippen molar-refractivity contribution in [1.82, 2.24) is 0 Å². The van der Waals surface area contributed by atoms with Gasteiger partial charge in [0.2, 0.25) is 0 Å². The summed E-state index contributed by atoms with van der Waals surface area (Å²) < 4.78 is 35.0. The minimum atomic E-state index is -3.26. The van der Waals surface area contributed by atoms with Gasteiger partial charge in [-0.05, 0) is 35.9 Å². The van der Waals surface area contributed by atoms with Gasteiger partial charge in [0.05, 0.1) is 33.1 Å². The molecule has 0 spiro atoms. The van der Waals surface area contributed by atoms with Crippen molar-refractivity contribution in [2.24, 2.45) is 0 Å². The average Bonchev–Trinajstić information content (AvgIpc) is 2.47. The molecule has 108 valence electrons. The minimum absolute atomic E-state index is 0.195. The zero-order valence-corrected chi connectivity index (χ0v) is 12.9. The Morgan fingerprint density at radius 2 is 1.71 bits per heavy atom. The Labute approximate surface area is 126 Å². The highest BCUT2D eigenvalue weighted by Gasteiger charge is 2.11. The molecule has 1 atom stereocenters. The van der Waals surface area contributed by atoms with Crippen LogP contribution in [0.1, 0.15) is 11.1 Å². The van der Waals surface area contributed by atoms with Crippen molar-refractivity contribution in [3.63, 3.8) is 0 Å². The molecular weight excluding hydrogens is 306 g/mol. The molecule has 1 unspecified atom stereocenters. The molecule has 0 aliphatic carbocycles. The summed E-state index contributed by atoms with van der Waals surface area (Å²) in [4.78, 5) is 0.732. The minimum Gasteiger partial charge on any atom is -0.254 e. The van der Waals surface area contributed by atoms with Gasteiger partial charge in [-0.2, -0.15) is 5.26 Å². The summed E-state index contributed by atoms with van der Waals surface area (Å²) in [5.74, 6) is 0.224. The molecule has 6 heteroatoms. The largest absolute Gasteiger partial charge is 0.254 e. The first kappa shape index (κ1) is 15.4. The first-order valence-electron chi connectivity index (χ1n) is 6.08. The van der Waals surface area contributed by atoms with Gasteiger partial charge in [-0.25, -0.2) is 8.42 Å². The zero-order chi connectivity index (χ0) is 15.5. The summed E-state index contributed by atoms with van der Waals surface area (Å²) >= 11 is 0. The Hall–Kier alpha value is -1.97. The number of nitriles is 1. The Balaban J connectivity index is 2.24. The van der Waals surface area contributed by atoms with Gasteiger partial charge in [-0.1, -0.05) is 18.2 Å². The van der Waals surface area contributed by atoms with Crippen LogP contribution < -0.4 is 0 Å². The zero-order valence-electron chi connectivity index (χ0n) is 11.3. The first-order chi connectivity index (χ1) is 9.91. The highest BCUT2D eigenvalue weighted by atomic mass is 32.2. The van der Waals surface area contributed by atoms with Gasteiger partial charge in [0.15, 0.2) is 9.84 Å². The van der Waals surface area contributed by atoms with E-state index in [1.807, 2.05) is 0 Å². The average molecular weight is 319 g/mol. The van der Waals surface area contributed by atoms with Crippen molar-refractivity contribution in [3.05, 3.63) is 59.7 Å². The predicted molar refractivity (Wildman–Crippen MR) is 80.8 cm³/mol. The Kier molecular flexibility index (Phi) is 4.56. The number of hydrogen-bond donors (Lipinski definition) is 0. The Morgan fingerprint density at radius 1 is 1.10 bits per heavy atom. The van der Waals surface area contributed by atoms with E-state index in [0.29, 0.717) is 16.0 Å². The second-order valence-electron chi connectivity index (χ2n) is 4.50. The number of nitrogens with zero attached hydrogens (tertiary/aromatic N) is 1. The van der Waals surface area contributed by atoms with Gasteiger partial charge < -0.3 is 0 Å².